The number of benzene rings is 3. The first-order valence-electron chi connectivity index (χ1n) is 9.04. The Hall–Kier alpha value is -3.16. The Morgan fingerprint density at radius 3 is 2.17 bits per heavy atom. The van der Waals surface area contributed by atoms with Crippen LogP contribution >= 0.6 is 0 Å². The zero-order chi connectivity index (χ0) is 21.0. The van der Waals surface area contributed by atoms with Gasteiger partial charge < -0.3 is 10.4 Å². The van der Waals surface area contributed by atoms with Gasteiger partial charge in [-0.3, -0.25) is 0 Å². The Bertz CT molecular complexity index is 1110. The Labute approximate surface area is 170 Å². The van der Waals surface area contributed by atoms with Crippen LogP contribution in [0.4, 0.5) is 5.69 Å². The first kappa shape index (κ1) is 20.6. The fourth-order valence-corrected chi connectivity index (χ4v) is 4.01. The Morgan fingerprint density at radius 1 is 1.03 bits per heavy atom. The molecule has 0 aromatic heterocycles. The average Bonchev–Trinajstić information content (AvgIpc) is 2.69. The maximum absolute atomic E-state index is 12.3. The topological polar surface area (TPSA) is 109 Å². The molecule has 3 aromatic carbocycles. The van der Waals surface area contributed by atoms with Gasteiger partial charge in [0.1, 0.15) is 0 Å². The van der Waals surface area contributed by atoms with Gasteiger partial charge in [-0.05, 0) is 35.7 Å². The molecule has 3 aromatic rings. The van der Waals surface area contributed by atoms with Gasteiger partial charge in [-0.2, -0.15) is 0 Å². The lowest BCUT2D eigenvalue weighted by molar-refractivity contribution is 0.0696. The lowest BCUT2D eigenvalue weighted by atomic mass is 9.99. The van der Waals surface area contributed by atoms with Gasteiger partial charge in [0.2, 0.25) is 10.0 Å². The number of carboxylic acids is 1. The number of anilines is 1. The second-order valence-electron chi connectivity index (χ2n) is 6.79. The van der Waals surface area contributed by atoms with Crippen molar-refractivity contribution >= 4 is 21.7 Å². The van der Waals surface area contributed by atoms with E-state index in [-0.39, 0.29) is 22.9 Å². The third-order valence-electron chi connectivity index (χ3n) is 4.66. The molecule has 4 N–H and O–H groups in total. The first-order valence-corrected chi connectivity index (χ1v) is 10.6. The van der Waals surface area contributed by atoms with E-state index >= 15 is 0 Å². The number of rotatable bonds is 7. The van der Waals surface area contributed by atoms with E-state index in [2.05, 4.69) is 5.32 Å². The number of primary sulfonamides is 1. The molecule has 0 aliphatic carbocycles. The summed E-state index contributed by atoms with van der Waals surface area (Å²) in [5, 5.41) is 18.2. The maximum Gasteiger partial charge on any atom is 0.335 e. The quantitative estimate of drug-likeness (QED) is 0.549. The summed E-state index contributed by atoms with van der Waals surface area (Å²) in [6.07, 6.45) is 0.288. The van der Waals surface area contributed by atoms with E-state index in [4.69, 9.17) is 5.14 Å². The zero-order valence-corrected chi connectivity index (χ0v) is 16.7. The van der Waals surface area contributed by atoms with Crippen molar-refractivity contribution in [3.8, 4) is 0 Å². The Balaban J connectivity index is 2.15. The lowest BCUT2D eigenvalue weighted by Crippen LogP contribution is -2.18. The molecular weight excluding hydrogens is 388 g/mol. The normalized spacial score (nSPS) is 12.3. The van der Waals surface area contributed by atoms with Gasteiger partial charge >= 0.3 is 5.97 Å². The van der Waals surface area contributed by atoms with E-state index in [0.717, 1.165) is 17.2 Å². The number of nitrogens with one attached hydrogen (secondary N) is 1. The highest BCUT2D eigenvalue weighted by Gasteiger charge is 2.22. The molecule has 0 saturated heterocycles. The molecule has 7 heteroatoms. The number of carbonyl (C=O) groups is 1. The molecule has 0 radical (unpaired) electrons. The van der Waals surface area contributed by atoms with Gasteiger partial charge in [0.15, 0.2) is 0 Å². The van der Waals surface area contributed by atoms with Crippen molar-refractivity contribution in [1.29, 1.82) is 0 Å². The van der Waals surface area contributed by atoms with Crippen molar-refractivity contribution in [3.05, 3.63) is 95.1 Å². The van der Waals surface area contributed by atoms with Gasteiger partial charge in [0.05, 0.1) is 10.5 Å². The van der Waals surface area contributed by atoms with Gasteiger partial charge in [-0.1, -0.05) is 60.7 Å². The summed E-state index contributed by atoms with van der Waals surface area (Å²) in [4.78, 5) is 11.4. The van der Waals surface area contributed by atoms with Crippen LogP contribution in [0.1, 0.15) is 40.0 Å². The minimum Gasteiger partial charge on any atom is -0.478 e. The van der Waals surface area contributed by atoms with Crippen LogP contribution in [0.25, 0.3) is 0 Å². The van der Waals surface area contributed by atoms with Crippen LogP contribution in [-0.4, -0.2) is 19.5 Å². The van der Waals surface area contributed by atoms with E-state index in [1.807, 2.05) is 67.6 Å². The zero-order valence-electron chi connectivity index (χ0n) is 15.9. The highest BCUT2D eigenvalue weighted by atomic mass is 32.2. The van der Waals surface area contributed by atoms with Gasteiger partial charge in [0, 0.05) is 18.2 Å². The summed E-state index contributed by atoms with van der Waals surface area (Å²) in [5.41, 5.74) is 2.58. The minimum atomic E-state index is -4.14. The molecule has 6 nitrogen and oxygen atoms in total. The van der Waals surface area contributed by atoms with Crippen LogP contribution in [0.5, 0.6) is 0 Å². The molecule has 0 heterocycles. The molecule has 3 rings (SSSR count). The van der Waals surface area contributed by atoms with Crippen LogP contribution in [0.15, 0.2) is 77.7 Å². The van der Waals surface area contributed by atoms with Gasteiger partial charge in [0.25, 0.3) is 0 Å². The number of sulfonamides is 1. The highest BCUT2D eigenvalue weighted by Crippen LogP contribution is 2.31. The summed E-state index contributed by atoms with van der Waals surface area (Å²) >= 11 is 0. The van der Waals surface area contributed by atoms with Crippen molar-refractivity contribution in [2.45, 2.75) is 24.3 Å². The maximum atomic E-state index is 12.3. The standard InChI is InChI=1S/C22H22N2O4S/c1-15(17-10-6-3-7-11-17)24-20-13-18(22(25)26)14-21(29(23,27)28)19(20)12-16-8-4-2-5-9-16/h2-11,13-15,24H,12H2,1H3,(H,25,26)(H2,23,27,28). The highest BCUT2D eigenvalue weighted by molar-refractivity contribution is 7.89. The lowest BCUT2D eigenvalue weighted by Gasteiger charge is -2.21. The fraction of sp³-hybridized carbons (Fsp3) is 0.136. The average molecular weight is 410 g/mol. The minimum absolute atomic E-state index is 0.145. The number of hydrogen-bond acceptors (Lipinski definition) is 4. The number of carboxylic acid groups (broad SMARTS) is 1. The summed E-state index contributed by atoms with van der Waals surface area (Å²) in [6.45, 7) is 1.92. The number of hydrogen-bond donors (Lipinski definition) is 3. The number of aromatic carboxylic acids is 1. The predicted octanol–water partition coefficient (Wildman–Crippen LogP) is 3.80. The molecule has 1 unspecified atom stereocenters. The van der Waals surface area contributed by atoms with E-state index in [0.29, 0.717) is 11.3 Å². The van der Waals surface area contributed by atoms with Crippen LogP contribution in [0.2, 0.25) is 0 Å². The third kappa shape index (κ3) is 5.01. The van der Waals surface area contributed by atoms with Crippen molar-refractivity contribution in [2.75, 3.05) is 5.32 Å². The predicted molar refractivity (Wildman–Crippen MR) is 113 cm³/mol. The van der Waals surface area contributed by atoms with Crippen molar-refractivity contribution in [1.82, 2.24) is 0 Å². The smallest absolute Gasteiger partial charge is 0.335 e. The molecule has 0 aliphatic heterocycles. The van der Waals surface area contributed by atoms with Gasteiger partial charge in [-0.15, -0.1) is 0 Å². The van der Waals surface area contributed by atoms with Crippen molar-refractivity contribution in [3.63, 3.8) is 0 Å². The molecule has 0 spiro atoms. The molecule has 0 fully saturated rings. The third-order valence-corrected chi connectivity index (χ3v) is 5.64. The Kier molecular flexibility index (Phi) is 6.00. The molecular formula is C22H22N2O4S. The van der Waals surface area contributed by atoms with E-state index in [1.165, 1.54) is 6.07 Å². The molecule has 1 atom stereocenters. The van der Waals surface area contributed by atoms with Gasteiger partial charge in [-0.25, -0.2) is 18.4 Å². The first-order chi connectivity index (χ1) is 13.8. The second-order valence-corrected chi connectivity index (χ2v) is 8.32. The van der Waals surface area contributed by atoms with Crippen LogP contribution in [0, 0.1) is 0 Å². The summed E-state index contributed by atoms with van der Waals surface area (Å²) in [6, 6.07) is 21.3. The second kappa shape index (κ2) is 8.46. The van der Waals surface area contributed by atoms with E-state index < -0.39 is 16.0 Å². The summed E-state index contributed by atoms with van der Waals surface area (Å²) in [5.74, 6) is -1.23. The summed E-state index contributed by atoms with van der Waals surface area (Å²) < 4.78 is 24.6. The molecule has 0 bridgehead atoms. The van der Waals surface area contributed by atoms with E-state index in [1.54, 1.807) is 0 Å². The molecule has 0 aliphatic rings. The Morgan fingerprint density at radius 2 is 1.62 bits per heavy atom. The number of nitrogens with two attached hydrogens (primary N) is 1. The van der Waals surface area contributed by atoms with Crippen molar-refractivity contribution < 1.29 is 18.3 Å². The van der Waals surface area contributed by atoms with Crippen LogP contribution in [0.3, 0.4) is 0 Å². The SMILES string of the molecule is CC(Nc1cc(C(=O)O)cc(S(N)(=O)=O)c1Cc1ccccc1)c1ccccc1. The largest absolute Gasteiger partial charge is 0.478 e. The van der Waals surface area contributed by atoms with E-state index in [9.17, 15) is 18.3 Å². The van der Waals surface area contributed by atoms with Crippen LogP contribution in [-0.2, 0) is 16.4 Å². The molecule has 150 valence electrons. The fourth-order valence-electron chi connectivity index (χ4n) is 3.19. The van der Waals surface area contributed by atoms with Crippen LogP contribution < -0.4 is 10.5 Å². The van der Waals surface area contributed by atoms with Crippen molar-refractivity contribution in [2.24, 2.45) is 5.14 Å². The summed E-state index contributed by atoms with van der Waals surface area (Å²) in [7, 11) is -4.14. The molecule has 29 heavy (non-hydrogen) atoms. The molecule has 0 amide bonds. The monoisotopic (exact) mass is 410 g/mol. The molecule has 0 saturated carbocycles.